The first-order chi connectivity index (χ1) is 27.5. The fourth-order valence-electron chi connectivity index (χ4n) is 6.19. The lowest BCUT2D eigenvalue weighted by atomic mass is 9.85. The Morgan fingerprint density at radius 3 is 1.72 bits per heavy atom. The SMILES string of the molecule is C.C.C.C#COc1ccc(C(C)(C)COCc2cccc(Oc3ccccc3)c2)cc1.C#COc1ccc([Si](C)(C)CCCc2ccc(F)c(Oc3ccccc3)c2)cc1. The lowest BCUT2D eigenvalue weighted by Gasteiger charge is -2.25. The minimum Gasteiger partial charge on any atom is -0.457 e. The van der Waals surface area contributed by atoms with Gasteiger partial charge in [0.05, 0.1) is 21.3 Å². The molecule has 0 saturated carbocycles. The average Bonchev–Trinajstić information content (AvgIpc) is 3.21. The molecule has 0 spiro atoms. The van der Waals surface area contributed by atoms with Crippen LogP contribution in [0.1, 0.15) is 59.2 Å². The topological polar surface area (TPSA) is 46.2 Å². The molecule has 0 amide bonds. The molecule has 0 unspecified atom stereocenters. The zero-order valence-electron chi connectivity index (χ0n) is 33.0. The Kier molecular flexibility index (Phi) is 20.5. The number of benzene rings is 6. The van der Waals surface area contributed by atoms with Crippen LogP contribution >= 0.6 is 0 Å². The molecule has 0 saturated heterocycles. The summed E-state index contributed by atoms with van der Waals surface area (Å²) in [6.07, 6.45) is 16.6. The van der Waals surface area contributed by atoms with Crippen LogP contribution in [0.4, 0.5) is 4.39 Å². The highest BCUT2D eigenvalue weighted by atomic mass is 28.3. The van der Waals surface area contributed by atoms with Crippen molar-refractivity contribution >= 4 is 13.3 Å². The number of aryl methyl sites for hydroxylation is 1. The summed E-state index contributed by atoms with van der Waals surface area (Å²) in [4.78, 5) is 0. The van der Waals surface area contributed by atoms with Gasteiger partial charge in [0.1, 0.15) is 41.0 Å². The highest BCUT2D eigenvalue weighted by molar-refractivity contribution is 6.89. The first kappa shape index (κ1) is 49.9. The van der Waals surface area contributed by atoms with Crippen LogP contribution in [0.5, 0.6) is 34.5 Å². The molecule has 0 radical (unpaired) electrons. The predicted octanol–water partition coefficient (Wildman–Crippen LogP) is 14.0. The summed E-state index contributed by atoms with van der Waals surface area (Å²) < 4.78 is 41.9. The van der Waals surface area contributed by atoms with Crippen LogP contribution in [0.15, 0.2) is 152 Å². The van der Waals surface area contributed by atoms with Gasteiger partial charge in [-0.2, -0.15) is 0 Å². The number of terminal acetylenes is 2. The van der Waals surface area contributed by atoms with Gasteiger partial charge in [0, 0.05) is 5.41 Å². The van der Waals surface area contributed by atoms with E-state index >= 15 is 0 Å². The smallest absolute Gasteiger partial charge is 0.165 e. The Balaban J connectivity index is 0.000000394. The summed E-state index contributed by atoms with van der Waals surface area (Å²) in [7, 11) is -1.58. The van der Waals surface area contributed by atoms with Crippen molar-refractivity contribution < 1.29 is 28.1 Å². The third kappa shape index (κ3) is 15.5. The molecule has 6 rings (SSSR count). The third-order valence-corrected chi connectivity index (χ3v) is 13.0. The molecule has 60 heavy (non-hydrogen) atoms. The van der Waals surface area contributed by atoms with Crippen molar-refractivity contribution in [2.24, 2.45) is 0 Å². The summed E-state index contributed by atoms with van der Waals surface area (Å²) in [6, 6.07) is 49.1. The standard InChI is InChI=1S/C25H25FO2Si.C25H24O3.3CH4/c1-4-27-21-13-15-23(16-14-21)29(2,3)18-8-9-20-12-17-24(26)25(19-20)28-22-10-6-5-7-11-22;1-4-27-22-15-13-21(14-16-22)25(2,3)19-26-18-20-9-8-12-24(17-20)28-23-10-6-5-7-11-23;;;/h1,5-7,10-17,19H,8-9,18H2,2-3H3;1,5-17H,18-19H2,2-3H3;3*1H4. The van der Waals surface area contributed by atoms with E-state index in [1.54, 1.807) is 0 Å². The van der Waals surface area contributed by atoms with Crippen molar-refractivity contribution in [3.63, 3.8) is 0 Å². The number of halogens is 1. The minimum atomic E-state index is -1.58. The Bertz CT molecular complexity index is 2220. The van der Waals surface area contributed by atoms with Gasteiger partial charge in [-0.25, -0.2) is 4.39 Å². The van der Waals surface area contributed by atoms with Gasteiger partial charge < -0.3 is 23.7 Å². The minimum absolute atomic E-state index is 0. The van der Waals surface area contributed by atoms with E-state index < -0.39 is 8.07 Å². The number of ether oxygens (including phenoxy) is 5. The Morgan fingerprint density at radius 1 is 0.583 bits per heavy atom. The normalized spacial score (nSPS) is 10.4. The van der Waals surface area contributed by atoms with Crippen molar-refractivity contribution in [3.8, 4) is 59.6 Å². The molecule has 0 bridgehead atoms. The second-order valence-electron chi connectivity index (χ2n) is 14.8. The van der Waals surface area contributed by atoms with E-state index in [0.717, 1.165) is 47.1 Å². The van der Waals surface area contributed by atoms with Crippen molar-refractivity contribution in [1.29, 1.82) is 0 Å². The Labute approximate surface area is 360 Å². The van der Waals surface area contributed by atoms with Gasteiger partial charge in [-0.15, -0.1) is 0 Å². The Morgan fingerprint density at radius 2 is 1.13 bits per heavy atom. The molecule has 6 aromatic rings. The molecule has 0 aliphatic carbocycles. The second-order valence-corrected chi connectivity index (χ2v) is 19.7. The third-order valence-electron chi connectivity index (χ3n) is 9.47. The van der Waals surface area contributed by atoms with E-state index in [9.17, 15) is 4.39 Å². The van der Waals surface area contributed by atoms with Crippen LogP contribution in [-0.4, -0.2) is 14.7 Å². The zero-order chi connectivity index (χ0) is 40.5. The van der Waals surface area contributed by atoms with Gasteiger partial charge in [-0.1, -0.05) is 159 Å². The van der Waals surface area contributed by atoms with Crippen LogP contribution in [0, 0.1) is 30.9 Å². The summed E-state index contributed by atoms with van der Waals surface area (Å²) >= 11 is 0. The van der Waals surface area contributed by atoms with Crippen molar-refractivity contribution in [1.82, 2.24) is 0 Å². The van der Waals surface area contributed by atoms with Crippen molar-refractivity contribution in [3.05, 3.63) is 174 Å². The molecular formula is C53H61FO5Si. The van der Waals surface area contributed by atoms with E-state index in [1.807, 2.05) is 133 Å². The number of para-hydroxylation sites is 2. The van der Waals surface area contributed by atoms with Gasteiger partial charge in [-0.3, -0.25) is 0 Å². The maximum Gasteiger partial charge on any atom is 0.165 e. The highest BCUT2D eigenvalue weighted by Crippen LogP contribution is 2.29. The largest absolute Gasteiger partial charge is 0.457 e. The summed E-state index contributed by atoms with van der Waals surface area (Å²) in [6.45, 7) is 10.1. The lowest BCUT2D eigenvalue weighted by Crippen LogP contribution is -2.40. The molecule has 6 aromatic carbocycles. The number of rotatable bonds is 16. The van der Waals surface area contributed by atoms with Crippen molar-refractivity contribution in [2.45, 2.75) is 80.1 Å². The van der Waals surface area contributed by atoms with E-state index in [4.69, 9.17) is 36.5 Å². The molecule has 5 nitrogen and oxygen atoms in total. The van der Waals surface area contributed by atoms with Gasteiger partial charge in [0.2, 0.25) is 0 Å². The predicted molar refractivity (Wildman–Crippen MR) is 251 cm³/mol. The first-order valence-corrected chi connectivity index (χ1v) is 22.1. The number of hydrogen-bond acceptors (Lipinski definition) is 5. The summed E-state index contributed by atoms with van der Waals surface area (Å²) in [5, 5.41) is 1.37. The molecular weight excluding hydrogens is 764 g/mol. The van der Waals surface area contributed by atoms with Crippen LogP contribution < -0.4 is 24.1 Å². The molecule has 314 valence electrons. The summed E-state index contributed by atoms with van der Waals surface area (Å²) in [5.74, 6) is 3.54. The maximum atomic E-state index is 14.1. The van der Waals surface area contributed by atoms with Gasteiger partial charge in [0.25, 0.3) is 0 Å². The summed E-state index contributed by atoms with van der Waals surface area (Å²) in [5.41, 5.74) is 3.19. The molecule has 0 heterocycles. The fraction of sp³-hybridized carbons (Fsp3) is 0.245. The molecule has 0 fully saturated rings. The fourth-order valence-corrected chi connectivity index (χ4v) is 8.61. The van der Waals surface area contributed by atoms with E-state index in [1.165, 1.54) is 11.3 Å². The quantitative estimate of drug-likeness (QED) is 0.0719. The second kappa shape index (κ2) is 24.6. The van der Waals surface area contributed by atoms with E-state index in [0.29, 0.717) is 30.5 Å². The molecule has 0 aliphatic heterocycles. The zero-order valence-corrected chi connectivity index (χ0v) is 34.0. The van der Waals surface area contributed by atoms with E-state index in [-0.39, 0.29) is 39.3 Å². The molecule has 0 aromatic heterocycles. The van der Waals surface area contributed by atoms with Gasteiger partial charge in [-0.05, 0) is 95.9 Å². The van der Waals surface area contributed by atoms with Crippen LogP contribution in [0.25, 0.3) is 0 Å². The maximum absolute atomic E-state index is 14.1. The van der Waals surface area contributed by atoms with Gasteiger partial charge in [0.15, 0.2) is 11.6 Å². The van der Waals surface area contributed by atoms with Gasteiger partial charge >= 0.3 is 0 Å². The van der Waals surface area contributed by atoms with Crippen LogP contribution in [0.2, 0.25) is 19.1 Å². The van der Waals surface area contributed by atoms with Crippen LogP contribution in [-0.2, 0) is 23.2 Å². The number of hydrogen-bond donors (Lipinski definition) is 0. The van der Waals surface area contributed by atoms with E-state index in [2.05, 4.69) is 51.3 Å². The average molecular weight is 825 g/mol. The highest BCUT2D eigenvalue weighted by Gasteiger charge is 2.23. The molecule has 0 N–H and O–H groups in total. The molecule has 7 heteroatoms. The first-order valence-electron chi connectivity index (χ1n) is 18.9. The molecule has 0 atom stereocenters. The lowest BCUT2D eigenvalue weighted by molar-refractivity contribution is 0.0824. The monoisotopic (exact) mass is 824 g/mol. The molecule has 0 aliphatic rings. The van der Waals surface area contributed by atoms with Crippen molar-refractivity contribution in [2.75, 3.05) is 6.61 Å². The Hall–Kier alpha value is -6.25. The van der Waals surface area contributed by atoms with Crippen LogP contribution in [0.3, 0.4) is 0 Å².